The summed E-state index contributed by atoms with van der Waals surface area (Å²) in [4.78, 5) is 12.4. The Labute approximate surface area is 162 Å². The molecule has 1 N–H and O–H groups in total. The Morgan fingerprint density at radius 1 is 1.04 bits per heavy atom. The van der Waals surface area contributed by atoms with E-state index in [0.717, 1.165) is 0 Å². The molecule has 0 unspecified atom stereocenters. The highest BCUT2D eigenvalue weighted by Crippen LogP contribution is 2.34. The Hall–Kier alpha value is -2.93. The number of ether oxygens (including phenoxy) is 3. The number of aliphatic hydroxyl groups excluding tert-OH is 1. The predicted molar refractivity (Wildman–Crippen MR) is 98.5 cm³/mol. The van der Waals surface area contributed by atoms with E-state index in [0.29, 0.717) is 11.3 Å². The molecule has 2 atom stereocenters. The first-order valence-corrected chi connectivity index (χ1v) is 8.68. The largest absolute Gasteiger partial charge is 0.497 e. The smallest absolute Gasteiger partial charge is 0.319 e. The van der Waals surface area contributed by atoms with Crippen molar-refractivity contribution in [2.45, 2.75) is 19.6 Å². The van der Waals surface area contributed by atoms with Crippen LogP contribution in [-0.2, 0) is 20.9 Å². The first-order valence-electron chi connectivity index (χ1n) is 8.68. The van der Waals surface area contributed by atoms with Crippen molar-refractivity contribution in [1.82, 2.24) is 0 Å². The van der Waals surface area contributed by atoms with Crippen molar-refractivity contribution in [2.75, 3.05) is 13.7 Å². The van der Waals surface area contributed by atoms with Crippen molar-refractivity contribution in [2.24, 2.45) is 5.92 Å². The zero-order valence-corrected chi connectivity index (χ0v) is 15.6. The third-order valence-electron chi connectivity index (χ3n) is 4.02. The molecular formula is C21H22F2O5. The summed E-state index contributed by atoms with van der Waals surface area (Å²) < 4.78 is 42.5. The average Bonchev–Trinajstić information content (AvgIpc) is 2.71. The van der Waals surface area contributed by atoms with Crippen molar-refractivity contribution < 1.29 is 32.9 Å². The lowest BCUT2D eigenvalue weighted by atomic mass is 9.94. The van der Waals surface area contributed by atoms with Crippen LogP contribution in [0.3, 0.4) is 0 Å². The van der Waals surface area contributed by atoms with Crippen LogP contribution in [0, 0.1) is 5.92 Å². The lowest BCUT2D eigenvalue weighted by Crippen LogP contribution is -2.28. The first kappa shape index (κ1) is 21.4. The van der Waals surface area contributed by atoms with Gasteiger partial charge < -0.3 is 19.3 Å². The van der Waals surface area contributed by atoms with Crippen LogP contribution in [-0.4, -0.2) is 24.8 Å². The van der Waals surface area contributed by atoms with Crippen molar-refractivity contribution in [3.8, 4) is 5.75 Å². The lowest BCUT2D eigenvalue weighted by molar-refractivity contribution is -0.152. The van der Waals surface area contributed by atoms with Gasteiger partial charge in [0.15, 0.2) is 5.76 Å². The second-order valence-electron chi connectivity index (χ2n) is 5.85. The van der Waals surface area contributed by atoms with Gasteiger partial charge in [-0.05, 0) is 30.2 Å². The molecule has 0 saturated carbocycles. The second kappa shape index (κ2) is 10.4. The minimum atomic E-state index is -2.19. The highest BCUT2D eigenvalue weighted by molar-refractivity contribution is 5.76. The zero-order chi connectivity index (χ0) is 20.5. The second-order valence-corrected chi connectivity index (χ2v) is 5.85. The fraction of sp³-hybridized carbons (Fsp3) is 0.286. The summed E-state index contributed by atoms with van der Waals surface area (Å²) in [5.74, 6) is -3.09. The van der Waals surface area contributed by atoms with E-state index in [4.69, 9.17) is 14.2 Å². The van der Waals surface area contributed by atoms with Crippen LogP contribution < -0.4 is 4.74 Å². The Balaban J connectivity index is 2.32. The van der Waals surface area contributed by atoms with Crippen LogP contribution in [0.1, 0.15) is 24.2 Å². The van der Waals surface area contributed by atoms with Crippen molar-refractivity contribution in [3.63, 3.8) is 0 Å². The minimum Gasteiger partial charge on any atom is -0.497 e. The first-order chi connectivity index (χ1) is 13.5. The molecule has 150 valence electrons. The Bertz CT molecular complexity index is 786. The summed E-state index contributed by atoms with van der Waals surface area (Å²) in [7, 11) is 1.48. The molecular weight excluding hydrogens is 370 g/mol. The molecule has 7 heteroatoms. The van der Waals surface area contributed by atoms with Gasteiger partial charge in [-0.3, -0.25) is 4.79 Å². The molecule has 0 aromatic heterocycles. The number of benzene rings is 2. The third-order valence-corrected chi connectivity index (χ3v) is 4.02. The normalized spacial score (nSPS) is 12.6. The number of hydrogen-bond donors (Lipinski definition) is 1. The molecule has 0 heterocycles. The van der Waals surface area contributed by atoms with Crippen molar-refractivity contribution in [3.05, 3.63) is 77.6 Å². The van der Waals surface area contributed by atoms with Crippen LogP contribution in [0.2, 0.25) is 0 Å². The minimum absolute atomic E-state index is 0.0233. The van der Waals surface area contributed by atoms with Gasteiger partial charge >= 0.3 is 12.0 Å². The summed E-state index contributed by atoms with van der Waals surface area (Å²) >= 11 is 0. The molecule has 28 heavy (non-hydrogen) atoms. The molecule has 0 saturated heterocycles. The number of aliphatic hydroxyl groups is 1. The molecule has 2 aromatic rings. The zero-order valence-electron chi connectivity index (χ0n) is 15.6. The van der Waals surface area contributed by atoms with Crippen LogP contribution in [0.15, 0.2) is 66.4 Å². The summed E-state index contributed by atoms with van der Waals surface area (Å²) in [6.45, 7) is 1.35. The van der Waals surface area contributed by atoms with Gasteiger partial charge in [0.05, 0.1) is 19.8 Å². The van der Waals surface area contributed by atoms with Crippen LogP contribution in [0.5, 0.6) is 5.75 Å². The highest BCUT2D eigenvalue weighted by atomic mass is 19.3. The number of carbonyl (C=O) groups is 1. The van der Waals surface area contributed by atoms with Crippen LogP contribution in [0.25, 0.3) is 0 Å². The number of esters is 1. The van der Waals surface area contributed by atoms with E-state index < -0.39 is 29.8 Å². The molecule has 0 aliphatic rings. The van der Waals surface area contributed by atoms with Gasteiger partial charge in [0.25, 0.3) is 0 Å². The third kappa shape index (κ3) is 5.53. The maximum atomic E-state index is 13.7. The maximum Gasteiger partial charge on any atom is 0.319 e. The number of hydrogen-bond acceptors (Lipinski definition) is 5. The van der Waals surface area contributed by atoms with E-state index in [1.54, 1.807) is 49.4 Å². The topological polar surface area (TPSA) is 65.0 Å². The predicted octanol–water partition coefficient (Wildman–Crippen LogP) is 4.23. The fourth-order valence-corrected chi connectivity index (χ4v) is 2.60. The van der Waals surface area contributed by atoms with Crippen molar-refractivity contribution >= 4 is 5.97 Å². The molecule has 0 aliphatic carbocycles. The van der Waals surface area contributed by atoms with Gasteiger partial charge in [-0.25, -0.2) is 0 Å². The molecule has 0 bridgehead atoms. The molecule has 0 radical (unpaired) electrons. The van der Waals surface area contributed by atoms with E-state index in [9.17, 15) is 18.7 Å². The maximum absolute atomic E-state index is 13.7. The van der Waals surface area contributed by atoms with Gasteiger partial charge in [-0.2, -0.15) is 8.78 Å². The molecule has 0 fully saturated rings. The summed E-state index contributed by atoms with van der Waals surface area (Å²) in [5.41, 5.74) is 0.892. The van der Waals surface area contributed by atoms with Gasteiger partial charge in [-0.1, -0.05) is 42.5 Å². The van der Waals surface area contributed by atoms with Gasteiger partial charge in [0.2, 0.25) is 0 Å². The van der Waals surface area contributed by atoms with Gasteiger partial charge in [0, 0.05) is 0 Å². The number of carbonyl (C=O) groups excluding carboxylic acids is 1. The van der Waals surface area contributed by atoms with Crippen molar-refractivity contribution in [1.29, 1.82) is 0 Å². The summed E-state index contributed by atoms with van der Waals surface area (Å²) in [6.07, 6.45) is -3.78. The van der Waals surface area contributed by atoms with Gasteiger partial charge in [-0.15, -0.1) is 0 Å². The molecule has 0 spiro atoms. The van der Waals surface area contributed by atoms with E-state index in [2.05, 4.69) is 0 Å². The van der Waals surface area contributed by atoms with E-state index in [1.165, 1.54) is 19.2 Å². The fourth-order valence-electron chi connectivity index (χ4n) is 2.60. The van der Waals surface area contributed by atoms with Crippen LogP contribution >= 0.6 is 0 Å². The highest BCUT2D eigenvalue weighted by Gasteiger charge is 2.37. The molecule has 5 nitrogen and oxygen atoms in total. The standard InChI is InChI=1S/C21H22F2O5/c1-3-27-21(25)17(18(24)15-9-11-16(26-2)12-10-15)19(20(22)23)28-13-14-7-5-4-6-8-14/h4-12,17-18,24H,3,13H2,1-2H3/t17-,18+/m0/s1. The number of methoxy groups -OCH3 is 1. The summed E-state index contributed by atoms with van der Waals surface area (Å²) in [5, 5.41) is 10.7. The van der Waals surface area contributed by atoms with E-state index in [1.807, 2.05) is 0 Å². The number of rotatable bonds is 9. The Morgan fingerprint density at radius 3 is 2.21 bits per heavy atom. The Kier molecular flexibility index (Phi) is 7.95. The van der Waals surface area contributed by atoms with Gasteiger partial charge in [0.1, 0.15) is 18.3 Å². The quantitative estimate of drug-likeness (QED) is 0.511. The number of halogens is 2. The van der Waals surface area contributed by atoms with E-state index in [-0.39, 0.29) is 18.8 Å². The van der Waals surface area contributed by atoms with E-state index >= 15 is 0 Å². The molecule has 2 aromatic carbocycles. The molecule has 2 rings (SSSR count). The lowest BCUT2D eigenvalue weighted by Gasteiger charge is -2.24. The van der Waals surface area contributed by atoms with Crippen LogP contribution in [0.4, 0.5) is 8.78 Å². The molecule has 0 aliphatic heterocycles. The summed E-state index contributed by atoms with van der Waals surface area (Å²) in [6, 6.07) is 14.7. The molecule has 0 amide bonds. The average molecular weight is 392 g/mol. The monoisotopic (exact) mass is 392 g/mol. The SMILES string of the molecule is CCOC(=O)[C@H](C(OCc1ccccc1)=C(F)F)[C@H](O)c1ccc(OC)cc1. The Morgan fingerprint density at radius 2 is 1.68 bits per heavy atom.